The lowest BCUT2D eigenvalue weighted by molar-refractivity contribution is 0.0500. The van der Waals surface area contributed by atoms with Crippen LogP contribution in [-0.2, 0) is 4.74 Å². The van der Waals surface area contributed by atoms with Crippen molar-refractivity contribution in [3.8, 4) is 11.6 Å². The van der Waals surface area contributed by atoms with Gasteiger partial charge in [-0.15, -0.1) is 11.8 Å². The lowest BCUT2D eigenvalue weighted by atomic mass is 10.1. The molecule has 9 nitrogen and oxygen atoms in total. The third-order valence-corrected chi connectivity index (χ3v) is 5.74. The summed E-state index contributed by atoms with van der Waals surface area (Å²) in [5, 5.41) is 4.30. The Kier molecular flexibility index (Phi) is 8.00. The monoisotopic (exact) mass is 461 g/mol. The first-order valence-electron chi connectivity index (χ1n) is 10.6. The molecule has 1 aliphatic rings. The van der Waals surface area contributed by atoms with Gasteiger partial charge in [0.25, 0.3) is 5.88 Å². The summed E-state index contributed by atoms with van der Waals surface area (Å²) in [5.41, 5.74) is 2.81. The molecule has 1 amide bonds. The summed E-state index contributed by atoms with van der Waals surface area (Å²) < 4.78 is 17.0. The van der Waals surface area contributed by atoms with Crippen LogP contribution in [0, 0.1) is 13.8 Å². The Balaban J connectivity index is 1.71. The smallest absolute Gasteiger partial charge is 0.410 e. The molecule has 0 aromatic carbocycles. The van der Waals surface area contributed by atoms with Crippen molar-refractivity contribution in [3.63, 3.8) is 0 Å². The first kappa shape index (κ1) is 23.9. The molecule has 0 aliphatic carbocycles. The van der Waals surface area contributed by atoms with E-state index in [2.05, 4.69) is 20.3 Å². The first-order chi connectivity index (χ1) is 15.3. The van der Waals surface area contributed by atoms with E-state index in [0.717, 1.165) is 22.0 Å². The van der Waals surface area contributed by atoms with Crippen LogP contribution in [0.4, 0.5) is 16.3 Å². The van der Waals surface area contributed by atoms with Gasteiger partial charge in [-0.1, -0.05) is 0 Å². The van der Waals surface area contributed by atoms with Crippen molar-refractivity contribution >= 4 is 29.4 Å². The molecule has 0 radical (unpaired) electrons. The topological polar surface area (TPSA) is 98.7 Å². The van der Waals surface area contributed by atoms with Gasteiger partial charge < -0.3 is 24.4 Å². The Morgan fingerprint density at radius 1 is 1.25 bits per heavy atom. The average molecular weight is 462 g/mol. The largest absolute Gasteiger partial charge is 0.489 e. The van der Waals surface area contributed by atoms with Gasteiger partial charge in [0.2, 0.25) is 5.75 Å². The molecule has 0 bridgehead atoms. The van der Waals surface area contributed by atoms with E-state index in [4.69, 9.17) is 14.2 Å². The quantitative estimate of drug-likeness (QED) is 0.603. The number of rotatable bonds is 7. The fraction of sp³-hybridized carbons (Fsp3) is 0.545. The summed E-state index contributed by atoms with van der Waals surface area (Å²) in [5.74, 6) is 1.32. The summed E-state index contributed by atoms with van der Waals surface area (Å²) in [7, 11) is 1.57. The highest BCUT2D eigenvalue weighted by atomic mass is 32.2. The van der Waals surface area contributed by atoms with Crippen molar-refractivity contribution in [1.29, 1.82) is 0 Å². The lowest BCUT2D eigenvalue weighted by Gasteiger charge is -2.32. The number of nitrogens with zero attached hydrogens (tertiary/aromatic N) is 4. The van der Waals surface area contributed by atoms with E-state index < -0.39 is 0 Å². The van der Waals surface area contributed by atoms with Crippen LogP contribution < -0.4 is 14.8 Å². The molecular formula is C22H31N5O4S. The highest BCUT2D eigenvalue weighted by Gasteiger charge is 2.27. The number of carbonyl (C=O) groups excluding carboxylic acids is 1. The number of hydrogen-bond acceptors (Lipinski definition) is 9. The Morgan fingerprint density at radius 3 is 2.56 bits per heavy atom. The number of likely N-dealkylation sites (tertiary alicyclic amines) is 1. The molecule has 0 spiro atoms. The van der Waals surface area contributed by atoms with Gasteiger partial charge in [-0.2, -0.15) is 4.98 Å². The van der Waals surface area contributed by atoms with Crippen LogP contribution in [0.1, 0.15) is 37.9 Å². The van der Waals surface area contributed by atoms with Gasteiger partial charge in [0.05, 0.1) is 29.6 Å². The van der Waals surface area contributed by atoms with Crippen LogP contribution in [0.2, 0.25) is 0 Å². The zero-order chi connectivity index (χ0) is 23.3. The third kappa shape index (κ3) is 5.73. The molecule has 3 heterocycles. The minimum absolute atomic E-state index is 0.0826. The number of thioether (sulfide) groups is 1. The van der Waals surface area contributed by atoms with Gasteiger partial charge in [-0.25, -0.2) is 14.8 Å². The van der Waals surface area contributed by atoms with Crippen molar-refractivity contribution in [3.05, 3.63) is 23.7 Å². The molecule has 0 unspecified atom stereocenters. The number of amides is 1. The Morgan fingerprint density at radius 2 is 1.97 bits per heavy atom. The summed E-state index contributed by atoms with van der Waals surface area (Å²) >= 11 is 1.60. The molecule has 2 aromatic heterocycles. The number of anilines is 2. The van der Waals surface area contributed by atoms with Gasteiger partial charge in [-0.05, 0) is 45.6 Å². The minimum atomic E-state index is -0.281. The summed E-state index contributed by atoms with van der Waals surface area (Å²) in [6, 6.07) is 2.03. The molecule has 10 heteroatoms. The maximum atomic E-state index is 12.1. The van der Waals surface area contributed by atoms with Crippen LogP contribution in [0.5, 0.6) is 11.6 Å². The van der Waals surface area contributed by atoms with Crippen LogP contribution in [0.15, 0.2) is 17.4 Å². The summed E-state index contributed by atoms with van der Waals surface area (Å²) in [6.07, 6.45) is 4.32. The molecule has 2 aromatic rings. The van der Waals surface area contributed by atoms with Crippen LogP contribution >= 0.6 is 11.8 Å². The Labute approximate surface area is 193 Å². The second-order valence-electron chi connectivity index (χ2n) is 7.86. The van der Waals surface area contributed by atoms with Crippen LogP contribution in [-0.4, -0.2) is 64.6 Å². The SMILES string of the molecule is COc1c(Nc2c(C)cc(SC)nc2C)ncnc1OC1CCN(C(=O)OC(C)C)CC1. The van der Waals surface area contributed by atoms with Crippen LogP contribution in [0.25, 0.3) is 0 Å². The maximum Gasteiger partial charge on any atom is 0.410 e. The summed E-state index contributed by atoms with van der Waals surface area (Å²) in [6.45, 7) is 8.81. The van der Waals surface area contributed by atoms with E-state index >= 15 is 0 Å². The van der Waals surface area contributed by atoms with E-state index in [1.54, 1.807) is 23.8 Å². The second kappa shape index (κ2) is 10.7. The number of ether oxygens (including phenoxy) is 3. The van der Waals surface area contributed by atoms with E-state index in [1.807, 2.05) is 40.0 Å². The molecule has 3 rings (SSSR count). The molecule has 1 saturated heterocycles. The number of nitrogens with one attached hydrogen (secondary N) is 1. The van der Waals surface area contributed by atoms with Crippen molar-refractivity contribution in [2.75, 3.05) is 31.8 Å². The fourth-order valence-corrected chi connectivity index (χ4v) is 4.04. The molecule has 0 saturated carbocycles. The first-order valence-corrected chi connectivity index (χ1v) is 11.8. The van der Waals surface area contributed by atoms with Gasteiger partial charge >= 0.3 is 6.09 Å². The van der Waals surface area contributed by atoms with Gasteiger partial charge in [0, 0.05) is 25.9 Å². The average Bonchev–Trinajstić information content (AvgIpc) is 2.76. The zero-order valence-corrected chi connectivity index (χ0v) is 20.3. The number of piperidine rings is 1. The molecule has 32 heavy (non-hydrogen) atoms. The maximum absolute atomic E-state index is 12.1. The minimum Gasteiger partial charge on any atom is -0.489 e. The number of pyridine rings is 1. The standard InChI is InChI=1S/C22H31N5O4S/c1-13(2)30-22(28)27-9-7-16(8-10-27)31-21-19(29-5)20(23-12-24-21)26-18-14(3)11-17(32-6)25-15(18)4/h11-13,16H,7-10H2,1-6H3,(H,23,24,26). The summed E-state index contributed by atoms with van der Waals surface area (Å²) in [4.78, 5) is 27.1. The van der Waals surface area contributed by atoms with Crippen molar-refractivity contribution in [2.45, 2.75) is 57.8 Å². The zero-order valence-electron chi connectivity index (χ0n) is 19.5. The predicted octanol–water partition coefficient (Wildman–Crippen LogP) is 4.35. The van der Waals surface area contributed by atoms with Crippen molar-refractivity contribution < 1.29 is 19.0 Å². The molecular weight excluding hydrogens is 430 g/mol. The number of hydrogen-bond donors (Lipinski definition) is 1. The molecule has 1 fully saturated rings. The van der Waals surface area contributed by atoms with Crippen molar-refractivity contribution in [1.82, 2.24) is 19.9 Å². The van der Waals surface area contributed by atoms with Gasteiger partial charge in [0.15, 0.2) is 5.82 Å². The molecule has 0 atom stereocenters. The second-order valence-corrected chi connectivity index (χ2v) is 8.69. The highest BCUT2D eigenvalue weighted by molar-refractivity contribution is 7.98. The van der Waals surface area contributed by atoms with Gasteiger partial charge in [0.1, 0.15) is 12.4 Å². The number of aryl methyl sites for hydroxylation is 2. The highest BCUT2D eigenvalue weighted by Crippen LogP contribution is 2.36. The van der Waals surface area contributed by atoms with E-state index in [0.29, 0.717) is 43.4 Å². The van der Waals surface area contributed by atoms with E-state index in [1.165, 1.54) is 6.33 Å². The number of aromatic nitrogens is 3. The normalized spacial score (nSPS) is 14.4. The molecule has 1 N–H and O–H groups in total. The lowest BCUT2D eigenvalue weighted by Crippen LogP contribution is -2.42. The molecule has 1 aliphatic heterocycles. The van der Waals surface area contributed by atoms with E-state index in [-0.39, 0.29) is 18.3 Å². The van der Waals surface area contributed by atoms with Crippen LogP contribution in [0.3, 0.4) is 0 Å². The van der Waals surface area contributed by atoms with E-state index in [9.17, 15) is 4.79 Å². The van der Waals surface area contributed by atoms with Crippen molar-refractivity contribution in [2.24, 2.45) is 0 Å². The predicted molar refractivity (Wildman–Crippen MR) is 124 cm³/mol. The fourth-order valence-electron chi connectivity index (χ4n) is 3.51. The number of methoxy groups -OCH3 is 1. The number of carbonyl (C=O) groups is 1. The Bertz CT molecular complexity index is 925. The Hall–Kier alpha value is -2.75. The van der Waals surface area contributed by atoms with Gasteiger partial charge in [-0.3, -0.25) is 0 Å². The third-order valence-electron chi connectivity index (χ3n) is 5.12. The molecule has 174 valence electrons.